The number of hydrogen-bond acceptors (Lipinski definition) is 5. The Morgan fingerprint density at radius 2 is 1.61 bits per heavy atom. The maximum Gasteiger partial charge on any atom is 0.172 e. The molecule has 0 aromatic heterocycles. The number of nitrogens with zero attached hydrogens (tertiary/aromatic N) is 3. The summed E-state index contributed by atoms with van der Waals surface area (Å²) in [5.41, 5.74) is 5.64. The van der Waals surface area contributed by atoms with Crippen LogP contribution in [0.3, 0.4) is 0 Å². The van der Waals surface area contributed by atoms with E-state index in [1.54, 1.807) is 0 Å². The Balaban J connectivity index is 1.43. The Bertz CT molecular complexity index is 1810. The Kier molecular flexibility index (Phi) is 11.9. The summed E-state index contributed by atoms with van der Waals surface area (Å²) in [5, 5.41) is 29.7. The monoisotopic (exact) mass is 665 g/mol. The van der Waals surface area contributed by atoms with Crippen LogP contribution >= 0.6 is 11.8 Å². The second-order valence-corrected chi connectivity index (χ2v) is 15.5. The van der Waals surface area contributed by atoms with Crippen molar-refractivity contribution in [2.45, 2.75) is 102 Å². The summed E-state index contributed by atoms with van der Waals surface area (Å²) in [6.45, 7) is 8.75. The topological polar surface area (TPSA) is 80.6 Å². The molecule has 1 atom stereocenters. The SMILES string of the molecule is CCCCSc1ccc(/C=C/C2=CC(=C/C=C/C3=C(C#N)C(=C(C#N)C#N)OC3(C)c3ccc(C4CCCCC4)cc3)/CC(C)(C)C2)cc1. The molecule has 0 saturated heterocycles. The maximum absolute atomic E-state index is 10.3. The lowest BCUT2D eigenvalue weighted by atomic mass is 9.75. The lowest BCUT2D eigenvalue weighted by Gasteiger charge is -2.30. The minimum absolute atomic E-state index is 0.0531. The first-order valence-corrected chi connectivity index (χ1v) is 18.7. The van der Waals surface area contributed by atoms with Crippen LogP contribution in [-0.4, -0.2) is 5.75 Å². The highest BCUT2D eigenvalue weighted by molar-refractivity contribution is 7.99. The summed E-state index contributed by atoms with van der Waals surface area (Å²) in [6, 6.07) is 23.4. The van der Waals surface area contributed by atoms with E-state index < -0.39 is 5.60 Å². The number of rotatable bonds is 10. The van der Waals surface area contributed by atoms with Gasteiger partial charge >= 0.3 is 0 Å². The number of thioether (sulfide) groups is 1. The first-order valence-electron chi connectivity index (χ1n) is 17.7. The van der Waals surface area contributed by atoms with Gasteiger partial charge in [0.1, 0.15) is 23.8 Å². The molecule has 0 radical (unpaired) electrons. The lowest BCUT2D eigenvalue weighted by Crippen LogP contribution is -2.23. The van der Waals surface area contributed by atoms with Crippen LogP contribution in [0.4, 0.5) is 0 Å². The van der Waals surface area contributed by atoms with Gasteiger partial charge in [0.15, 0.2) is 16.9 Å². The third kappa shape index (κ3) is 8.76. The van der Waals surface area contributed by atoms with Gasteiger partial charge in [0, 0.05) is 10.5 Å². The first kappa shape index (κ1) is 35.8. The molecule has 1 heterocycles. The molecular weight excluding hydrogens is 619 g/mol. The predicted octanol–water partition coefficient (Wildman–Crippen LogP) is 11.9. The number of benzene rings is 2. The number of allylic oxidation sites excluding steroid dienone is 8. The van der Waals surface area contributed by atoms with Gasteiger partial charge in [-0.25, -0.2) is 0 Å². The average molecular weight is 666 g/mol. The highest BCUT2D eigenvalue weighted by Gasteiger charge is 2.44. The molecule has 5 rings (SSSR count). The van der Waals surface area contributed by atoms with E-state index in [0.717, 1.165) is 24.2 Å². The summed E-state index contributed by atoms with van der Waals surface area (Å²) in [4.78, 5) is 1.31. The Morgan fingerprint density at radius 3 is 2.27 bits per heavy atom. The fourth-order valence-corrected chi connectivity index (χ4v) is 8.25. The third-order valence-corrected chi connectivity index (χ3v) is 11.0. The molecule has 0 N–H and O–H groups in total. The Morgan fingerprint density at radius 1 is 0.898 bits per heavy atom. The van der Waals surface area contributed by atoms with Crippen molar-refractivity contribution in [3.8, 4) is 18.2 Å². The van der Waals surface area contributed by atoms with E-state index in [9.17, 15) is 15.8 Å². The molecule has 2 aromatic rings. The molecule has 0 amide bonds. The predicted molar refractivity (Wildman–Crippen MR) is 201 cm³/mol. The van der Waals surface area contributed by atoms with E-state index in [2.05, 4.69) is 99.7 Å². The van der Waals surface area contributed by atoms with Gasteiger partial charge in [-0.1, -0.05) is 119 Å². The molecule has 3 aliphatic rings. The van der Waals surface area contributed by atoms with Gasteiger partial charge in [0.2, 0.25) is 0 Å². The normalized spacial score (nSPS) is 21.8. The minimum atomic E-state index is -1.03. The van der Waals surface area contributed by atoms with Crippen LogP contribution < -0.4 is 0 Å². The Hall–Kier alpha value is -4.50. The molecule has 1 unspecified atom stereocenters. The van der Waals surface area contributed by atoms with Crippen LogP contribution in [0.2, 0.25) is 0 Å². The van der Waals surface area contributed by atoms with Crippen molar-refractivity contribution in [2.24, 2.45) is 5.41 Å². The second-order valence-electron chi connectivity index (χ2n) is 14.4. The van der Waals surface area contributed by atoms with Crippen molar-refractivity contribution in [1.29, 1.82) is 15.8 Å². The zero-order chi connectivity index (χ0) is 34.9. The molecule has 0 spiro atoms. The molecule has 1 fully saturated rings. The molecule has 1 saturated carbocycles. The molecule has 5 heteroatoms. The van der Waals surface area contributed by atoms with Crippen LogP contribution in [0, 0.1) is 39.4 Å². The van der Waals surface area contributed by atoms with Crippen molar-refractivity contribution in [3.05, 3.63) is 129 Å². The van der Waals surface area contributed by atoms with E-state index in [1.165, 1.54) is 72.1 Å². The van der Waals surface area contributed by atoms with Gasteiger partial charge in [-0.05, 0) is 96.1 Å². The third-order valence-electron chi connectivity index (χ3n) is 9.86. The largest absolute Gasteiger partial charge is 0.474 e. The molecule has 2 aromatic carbocycles. The van der Waals surface area contributed by atoms with Gasteiger partial charge in [0.05, 0.1) is 0 Å². The smallest absolute Gasteiger partial charge is 0.172 e. The summed E-state index contributed by atoms with van der Waals surface area (Å²) < 4.78 is 6.42. The number of hydrogen-bond donors (Lipinski definition) is 0. The quantitative estimate of drug-likeness (QED) is 0.143. The fraction of sp³-hybridized carbons (Fsp3) is 0.386. The number of nitriles is 3. The van der Waals surface area contributed by atoms with Gasteiger partial charge in [-0.15, -0.1) is 11.8 Å². The average Bonchev–Trinajstić information content (AvgIpc) is 3.40. The minimum Gasteiger partial charge on any atom is -0.474 e. The highest BCUT2D eigenvalue weighted by atomic mass is 32.2. The van der Waals surface area contributed by atoms with Gasteiger partial charge in [0.25, 0.3) is 0 Å². The van der Waals surface area contributed by atoms with Gasteiger partial charge in [-0.2, -0.15) is 15.8 Å². The molecule has 49 heavy (non-hydrogen) atoms. The number of ether oxygens (including phenoxy) is 1. The first-order chi connectivity index (χ1) is 23.7. The van der Waals surface area contributed by atoms with Crippen LogP contribution in [0.25, 0.3) is 6.08 Å². The van der Waals surface area contributed by atoms with E-state index in [-0.39, 0.29) is 22.3 Å². The zero-order valence-electron chi connectivity index (χ0n) is 29.4. The fourth-order valence-electron chi connectivity index (χ4n) is 7.25. The number of unbranched alkanes of at least 4 members (excludes halogenated alkanes) is 1. The van der Waals surface area contributed by atoms with Gasteiger partial charge in [-0.3, -0.25) is 0 Å². The summed E-state index contributed by atoms with van der Waals surface area (Å²) >= 11 is 1.92. The van der Waals surface area contributed by atoms with Gasteiger partial charge < -0.3 is 4.74 Å². The van der Waals surface area contributed by atoms with Crippen LogP contribution in [-0.2, 0) is 10.3 Å². The van der Waals surface area contributed by atoms with E-state index in [4.69, 9.17) is 4.74 Å². The molecule has 0 bridgehead atoms. The lowest BCUT2D eigenvalue weighted by molar-refractivity contribution is 0.0754. The second kappa shape index (κ2) is 16.3. The van der Waals surface area contributed by atoms with Crippen molar-refractivity contribution in [2.75, 3.05) is 5.75 Å². The molecular formula is C44H47N3OS. The van der Waals surface area contributed by atoms with E-state index in [1.807, 2.05) is 43.0 Å². The van der Waals surface area contributed by atoms with Crippen LogP contribution in [0.5, 0.6) is 0 Å². The summed E-state index contributed by atoms with van der Waals surface area (Å²) in [7, 11) is 0. The highest BCUT2D eigenvalue weighted by Crippen LogP contribution is 2.47. The van der Waals surface area contributed by atoms with E-state index in [0.29, 0.717) is 11.5 Å². The van der Waals surface area contributed by atoms with Crippen LogP contribution in [0.1, 0.15) is 108 Å². The molecule has 1 aliphatic heterocycles. The van der Waals surface area contributed by atoms with E-state index >= 15 is 0 Å². The van der Waals surface area contributed by atoms with Crippen molar-refractivity contribution < 1.29 is 4.74 Å². The van der Waals surface area contributed by atoms with Crippen molar-refractivity contribution in [3.63, 3.8) is 0 Å². The maximum atomic E-state index is 10.3. The van der Waals surface area contributed by atoms with Crippen molar-refractivity contribution in [1.82, 2.24) is 0 Å². The summed E-state index contributed by atoms with van der Waals surface area (Å²) in [5.74, 6) is 1.78. The zero-order valence-corrected chi connectivity index (χ0v) is 30.2. The van der Waals surface area contributed by atoms with Crippen LogP contribution in [0.15, 0.2) is 117 Å². The Labute approximate surface area is 297 Å². The summed E-state index contributed by atoms with van der Waals surface area (Å²) in [6.07, 6.45) is 23.3. The van der Waals surface area contributed by atoms with Crippen molar-refractivity contribution >= 4 is 17.8 Å². The molecule has 2 aliphatic carbocycles. The molecule has 4 nitrogen and oxygen atoms in total. The standard InChI is InChI=1S/C44H47N3OS/c1-5-6-25-49-39-23-17-32(18-24-39)15-16-34-26-33(27-43(2,3)28-34)11-10-14-41-40(31-47)42(37(29-45)30-46)48-44(41,4)38-21-19-36(20-22-38)35-12-8-7-9-13-35/h10-11,14-24,26,35H,5-9,12-13,25,27-28H2,1-4H3/b14-10+,16-15+,33-11-. The molecule has 250 valence electrons.